The maximum atomic E-state index is 11.6. The normalized spacial score (nSPS) is 18.1. The topological polar surface area (TPSA) is 41.1 Å². The number of carbonyl (C=O) groups excluding carboxylic acids is 1. The first-order valence-corrected chi connectivity index (χ1v) is 6.41. The predicted molar refractivity (Wildman–Crippen MR) is 70.7 cm³/mol. The fraction of sp³-hybridized carbons (Fsp3) is 0.500. The Morgan fingerprint density at radius 3 is 2.65 bits per heavy atom. The molecule has 3 nitrogen and oxygen atoms in total. The van der Waals surface area contributed by atoms with Gasteiger partial charge in [0, 0.05) is 6.54 Å². The summed E-state index contributed by atoms with van der Waals surface area (Å²) in [7, 11) is 0. The lowest BCUT2D eigenvalue weighted by molar-refractivity contribution is -0.122. The Hall–Kier alpha value is -1.35. The Labute approximate surface area is 104 Å². The van der Waals surface area contributed by atoms with E-state index in [0.29, 0.717) is 6.54 Å². The molecule has 17 heavy (non-hydrogen) atoms. The lowest BCUT2D eigenvalue weighted by Crippen LogP contribution is -2.39. The lowest BCUT2D eigenvalue weighted by Gasteiger charge is -2.10. The van der Waals surface area contributed by atoms with Crippen LogP contribution in [0.15, 0.2) is 30.3 Å². The van der Waals surface area contributed by atoms with Gasteiger partial charge in [0.25, 0.3) is 0 Å². The van der Waals surface area contributed by atoms with E-state index >= 15 is 0 Å². The molecule has 1 atom stereocenters. The molecule has 3 heteroatoms. The van der Waals surface area contributed by atoms with Gasteiger partial charge in [0.05, 0.1) is 6.04 Å². The molecule has 0 saturated carbocycles. The fourth-order valence-corrected chi connectivity index (χ4v) is 1.82. The Balaban J connectivity index is 0.000000686. The van der Waals surface area contributed by atoms with Gasteiger partial charge in [0.2, 0.25) is 5.91 Å². The van der Waals surface area contributed by atoms with E-state index in [2.05, 4.69) is 10.6 Å². The minimum atomic E-state index is 0.0220. The van der Waals surface area contributed by atoms with Crippen molar-refractivity contribution in [2.45, 2.75) is 39.3 Å². The molecule has 1 aromatic carbocycles. The lowest BCUT2D eigenvalue weighted by atomic mass is 10.2. The van der Waals surface area contributed by atoms with Crippen LogP contribution in [0.3, 0.4) is 0 Å². The maximum absolute atomic E-state index is 11.6. The highest BCUT2D eigenvalue weighted by atomic mass is 16.2. The van der Waals surface area contributed by atoms with E-state index < -0.39 is 0 Å². The molecule has 0 spiro atoms. The van der Waals surface area contributed by atoms with Gasteiger partial charge in [-0.05, 0) is 24.9 Å². The van der Waals surface area contributed by atoms with Gasteiger partial charge in [-0.2, -0.15) is 0 Å². The molecule has 0 aliphatic carbocycles. The van der Waals surface area contributed by atoms with Crippen molar-refractivity contribution in [1.82, 2.24) is 10.6 Å². The molecule has 0 radical (unpaired) electrons. The molecule has 1 unspecified atom stereocenters. The van der Waals surface area contributed by atoms with E-state index in [1.165, 1.54) is 0 Å². The largest absolute Gasteiger partial charge is 0.351 e. The first kappa shape index (κ1) is 13.7. The van der Waals surface area contributed by atoms with Crippen LogP contribution in [0.5, 0.6) is 0 Å². The van der Waals surface area contributed by atoms with Gasteiger partial charge < -0.3 is 10.6 Å². The molecule has 1 aliphatic heterocycles. The van der Waals surface area contributed by atoms with Crippen LogP contribution in [0, 0.1) is 0 Å². The molecule has 1 fully saturated rings. The summed E-state index contributed by atoms with van der Waals surface area (Å²) >= 11 is 0. The molecule has 2 N–H and O–H groups in total. The van der Waals surface area contributed by atoms with E-state index in [4.69, 9.17) is 0 Å². The summed E-state index contributed by atoms with van der Waals surface area (Å²) < 4.78 is 0. The van der Waals surface area contributed by atoms with Crippen molar-refractivity contribution < 1.29 is 4.79 Å². The van der Waals surface area contributed by atoms with Gasteiger partial charge >= 0.3 is 0 Å². The smallest absolute Gasteiger partial charge is 0.237 e. The molecular weight excluding hydrogens is 212 g/mol. The highest BCUT2D eigenvalue weighted by Crippen LogP contribution is 2.05. The molecule has 2 rings (SSSR count). The van der Waals surface area contributed by atoms with Crippen LogP contribution in [-0.2, 0) is 11.3 Å². The van der Waals surface area contributed by atoms with E-state index in [1.54, 1.807) is 0 Å². The van der Waals surface area contributed by atoms with Crippen molar-refractivity contribution in [1.29, 1.82) is 0 Å². The second-order valence-electron chi connectivity index (χ2n) is 3.85. The number of hydrogen-bond acceptors (Lipinski definition) is 2. The summed E-state index contributed by atoms with van der Waals surface area (Å²) in [6.07, 6.45) is 2.06. The van der Waals surface area contributed by atoms with Gasteiger partial charge in [0.15, 0.2) is 0 Å². The number of hydrogen-bond donors (Lipinski definition) is 2. The summed E-state index contributed by atoms with van der Waals surface area (Å²) in [5.74, 6) is 0.122. The third-order valence-corrected chi connectivity index (χ3v) is 2.69. The molecule has 0 aromatic heterocycles. The Morgan fingerprint density at radius 1 is 1.35 bits per heavy atom. The van der Waals surface area contributed by atoms with Crippen LogP contribution < -0.4 is 10.6 Å². The zero-order valence-corrected chi connectivity index (χ0v) is 10.7. The second kappa shape index (κ2) is 7.85. The van der Waals surface area contributed by atoms with Crippen LogP contribution in [-0.4, -0.2) is 18.5 Å². The summed E-state index contributed by atoms with van der Waals surface area (Å²) in [5.41, 5.74) is 1.14. The Kier molecular flexibility index (Phi) is 6.33. The highest BCUT2D eigenvalue weighted by Gasteiger charge is 2.21. The monoisotopic (exact) mass is 234 g/mol. The predicted octanol–water partition coefficient (Wildman–Crippen LogP) is 2.08. The van der Waals surface area contributed by atoms with E-state index in [0.717, 1.165) is 24.9 Å². The highest BCUT2D eigenvalue weighted by molar-refractivity contribution is 5.81. The van der Waals surface area contributed by atoms with Gasteiger partial charge in [-0.25, -0.2) is 0 Å². The van der Waals surface area contributed by atoms with Crippen LogP contribution in [0.1, 0.15) is 32.3 Å². The zero-order valence-electron chi connectivity index (χ0n) is 10.7. The minimum absolute atomic E-state index is 0.0220. The van der Waals surface area contributed by atoms with Gasteiger partial charge in [-0.1, -0.05) is 44.2 Å². The standard InChI is InChI=1S/C12H16N2O.C2H6/c15-12(11-7-4-8-13-11)14-9-10-5-2-1-3-6-10;1-2/h1-3,5-6,11,13H,4,7-9H2,(H,14,15);1-2H3. The number of carbonyl (C=O) groups is 1. The first-order chi connectivity index (χ1) is 8.36. The number of benzene rings is 1. The quantitative estimate of drug-likeness (QED) is 0.840. The molecule has 1 aromatic rings. The maximum Gasteiger partial charge on any atom is 0.237 e. The molecule has 1 aliphatic rings. The average Bonchev–Trinajstić information content (AvgIpc) is 2.93. The molecule has 0 bridgehead atoms. The van der Waals surface area contributed by atoms with E-state index in [-0.39, 0.29) is 11.9 Å². The van der Waals surface area contributed by atoms with E-state index in [9.17, 15) is 4.79 Å². The third-order valence-electron chi connectivity index (χ3n) is 2.69. The Morgan fingerprint density at radius 2 is 2.06 bits per heavy atom. The fourth-order valence-electron chi connectivity index (χ4n) is 1.82. The van der Waals surface area contributed by atoms with Crippen molar-refractivity contribution in [2.24, 2.45) is 0 Å². The minimum Gasteiger partial charge on any atom is -0.351 e. The average molecular weight is 234 g/mol. The van der Waals surface area contributed by atoms with Gasteiger partial charge in [0.1, 0.15) is 0 Å². The molecule has 1 saturated heterocycles. The van der Waals surface area contributed by atoms with Gasteiger partial charge in [-0.3, -0.25) is 4.79 Å². The number of nitrogens with one attached hydrogen (secondary N) is 2. The molecular formula is C14H22N2O. The zero-order chi connectivity index (χ0) is 12.5. The summed E-state index contributed by atoms with van der Waals surface area (Å²) in [6, 6.07) is 9.99. The van der Waals surface area contributed by atoms with Crippen LogP contribution in [0.2, 0.25) is 0 Å². The van der Waals surface area contributed by atoms with Crippen molar-refractivity contribution in [3.63, 3.8) is 0 Å². The van der Waals surface area contributed by atoms with Crippen molar-refractivity contribution in [3.05, 3.63) is 35.9 Å². The number of amides is 1. The summed E-state index contributed by atoms with van der Waals surface area (Å²) in [5, 5.41) is 6.12. The first-order valence-electron chi connectivity index (χ1n) is 6.41. The number of rotatable bonds is 3. The third kappa shape index (κ3) is 4.57. The van der Waals surface area contributed by atoms with Crippen LogP contribution >= 0.6 is 0 Å². The van der Waals surface area contributed by atoms with Crippen LogP contribution in [0.25, 0.3) is 0 Å². The SMILES string of the molecule is CC.O=C(NCc1ccccc1)C1CCCN1. The molecule has 94 valence electrons. The summed E-state index contributed by atoms with van der Waals surface area (Å²) in [4.78, 5) is 11.6. The van der Waals surface area contributed by atoms with Crippen LogP contribution in [0.4, 0.5) is 0 Å². The van der Waals surface area contributed by atoms with Crippen molar-refractivity contribution in [2.75, 3.05) is 6.54 Å². The summed E-state index contributed by atoms with van der Waals surface area (Å²) in [6.45, 7) is 5.58. The van der Waals surface area contributed by atoms with Crippen molar-refractivity contribution in [3.8, 4) is 0 Å². The molecule has 1 amide bonds. The van der Waals surface area contributed by atoms with E-state index in [1.807, 2.05) is 44.2 Å². The Bertz CT molecular complexity index is 318. The van der Waals surface area contributed by atoms with Crippen molar-refractivity contribution >= 4 is 5.91 Å². The molecule has 1 heterocycles. The van der Waals surface area contributed by atoms with Gasteiger partial charge in [-0.15, -0.1) is 0 Å². The second-order valence-corrected chi connectivity index (χ2v) is 3.85.